The molecule has 0 saturated heterocycles. The highest BCUT2D eigenvalue weighted by atomic mass is 16.6. The number of hydrogen-bond acceptors (Lipinski definition) is 7. The lowest BCUT2D eigenvalue weighted by Gasteiger charge is -2.59. The number of nitrogens with zero attached hydrogens (tertiary/aromatic N) is 1. The zero-order valence-corrected chi connectivity index (χ0v) is 25.8. The van der Waals surface area contributed by atoms with E-state index in [0.717, 1.165) is 57.1 Å². The summed E-state index contributed by atoms with van der Waals surface area (Å²) in [6, 6.07) is -1.90. The van der Waals surface area contributed by atoms with Crippen molar-refractivity contribution >= 4 is 29.3 Å². The van der Waals surface area contributed by atoms with Gasteiger partial charge in [-0.1, -0.05) is 44.3 Å². The van der Waals surface area contributed by atoms with E-state index in [9.17, 15) is 29.4 Å². The first-order valence-electron chi connectivity index (χ1n) is 15.7. The number of oxime groups is 1. The molecule has 10 heteroatoms. The van der Waals surface area contributed by atoms with Crippen LogP contribution in [0.1, 0.15) is 105 Å². The summed E-state index contributed by atoms with van der Waals surface area (Å²) in [7, 11) is 0. The number of ketones is 1. The first-order valence-corrected chi connectivity index (χ1v) is 15.7. The van der Waals surface area contributed by atoms with Gasteiger partial charge in [-0.2, -0.15) is 0 Å². The Kier molecular flexibility index (Phi) is 9.55. The van der Waals surface area contributed by atoms with E-state index in [1.807, 2.05) is 6.92 Å². The predicted octanol–water partition coefficient (Wildman–Crippen LogP) is 3.91. The second-order valence-electron chi connectivity index (χ2n) is 13.6. The Hall–Kier alpha value is -2.75. The monoisotopic (exact) mass is 587 g/mol. The molecule has 2 amide bonds. The summed E-state index contributed by atoms with van der Waals surface area (Å²) in [6.45, 7) is 9.14. The summed E-state index contributed by atoms with van der Waals surface area (Å²) in [5.41, 5.74) is 0.662. The molecule has 0 radical (unpaired) electrons. The SMILES string of the molecule is CCCC[C@H](NC(=O)[C@H](C)NC(=O)CO/N=C1\C=C2CC[C@@H]3[C@H](CC[C@@]4(C)[C@H]3CC[C@]4(O)C(C)=O)[C@@]2(C)CC1)C(=O)O. The molecule has 42 heavy (non-hydrogen) atoms. The third-order valence-electron chi connectivity index (χ3n) is 11.3. The Labute approximate surface area is 249 Å². The normalized spacial score (nSPS) is 36.0. The van der Waals surface area contributed by atoms with E-state index in [1.165, 1.54) is 12.5 Å². The maximum absolute atomic E-state index is 12.5. The molecule has 10 nitrogen and oxygen atoms in total. The molecule has 0 bridgehead atoms. The average molecular weight is 588 g/mol. The lowest BCUT2D eigenvalue weighted by molar-refractivity contribution is -0.159. The molecule has 4 aliphatic carbocycles. The third-order valence-corrected chi connectivity index (χ3v) is 11.3. The maximum Gasteiger partial charge on any atom is 0.326 e. The minimum atomic E-state index is -1.20. The van der Waals surface area contributed by atoms with Gasteiger partial charge >= 0.3 is 5.97 Å². The lowest BCUT2D eigenvalue weighted by Crippen LogP contribution is -2.57. The van der Waals surface area contributed by atoms with Crippen LogP contribution in [0.2, 0.25) is 0 Å². The molecule has 4 N–H and O–H groups in total. The third kappa shape index (κ3) is 5.88. The van der Waals surface area contributed by atoms with Gasteiger partial charge in [0.15, 0.2) is 12.4 Å². The highest BCUT2D eigenvalue weighted by Crippen LogP contribution is 2.67. The number of carbonyl (C=O) groups excluding carboxylic acids is 3. The number of unbranched alkanes of at least 4 members (excludes halogenated alkanes) is 1. The van der Waals surface area contributed by atoms with Crippen LogP contribution in [0.25, 0.3) is 0 Å². The van der Waals surface area contributed by atoms with Crippen molar-refractivity contribution in [2.45, 2.75) is 123 Å². The fourth-order valence-corrected chi connectivity index (χ4v) is 8.72. The average Bonchev–Trinajstić information content (AvgIpc) is 3.22. The highest BCUT2D eigenvalue weighted by Gasteiger charge is 2.65. The Morgan fingerprint density at radius 3 is 2.45 bits per heavy atom. The Balaban J connectivity index is 1.32. The van der Waals surface area contributed by atoms with Crippen LogP contribution in [0.15, 0.2) is 16.8 Å². The number of rotatable bonds is 11. The van der Waals surface area contributed by atoms with Crippen LogP contribution in [-0.4, -0.2) is 63.8 Å². The second kappa shape index (κ2) is 12.5. The van der Waals surface area contributed by atoms with E-state index in [0.29, 0.717) is 37.0 Å². The number of Topliss-reactive ketones (excluding diaryl/α,β-unsaturated/α-hetero) is 1. The molecule has 0 aliphatic heterocycles. The number of carboxylic acid groups (broad SMARTS) is 1. The quantitative estimate of drug-likeness (QED) is 0.267. The molecule has 8 atom stereocenters. The largest absolute Gasteiger partial charge is 0.480 e. The first kappa shape index (κ1) is 32.2. The number of carbonyl (C=O) groups is 4. The van der Waals surface area contributed by atoms with Crippen molar-refractivity contribution in [3.63, 3.8) is 0 Å². The number of hydrogen-bond donors (Lipinski definition) is 4. The topological polar surface area (TPSA) is 154 Å². The standard InChI is InChI=1S/C32H49N3O7/c1-6-7-8-26(29(39)40)34-28(38)19(2)33-27(37)18-42-35-22-11-14-30(4)21(17-22)9-10-23-24(30)12-15-31(5)25(23)13-16-32(31,41)20(3)36/h17,19,23-26,41H,6-16,18H2,1-5H3,(H,33,37)(H,34,38)(H,39,40)/b35-22-/t19-,23+,24-,25-,26-,30-,31-,32-/m0/s1. The van der Waals surface area contributed by atoms with Crippen molar-refractivity contribution in [1.82, 2.24) is 10.6 Å². The second-order valence-corrected chi connectivity index (χ2v) is 13.6. The lowest BCUT2D eigenvalue weighted by atomic mass is 9.46. The van der Waals surface area contributed by atoms with Gasteiger partial charge in [0.25, 0.3) is 5.91 Å². The van der Waals surface area contributed by atoms with Gasteiger partial charge in [-0.3, -0.25) is 14.4 Å². The Morgan fingerprint density at radius 1 is 1.07 bits per heavy atom. The number of allylic oxidation sites excluding steroid dienone is 2. The molecule has 3 saturated carbocycles. The minimum absolute atomic E-state index is 0.0469. The van der Waals surface area contributed by atoms with Gasteiger partial charge in [-0.05, 0) is 101 Å². The smallest absolute Gasteiger partial charge is 0.326 e. The van der Waals surface area contributed by atoms with Gasteiger partial charge in [0, 0.05) is 5.41 Å². The molecule has 0 aromatic heterocycles. The van der Waals surface area contributed by atoms with Gasteiger partial charge in [-0.15, -0.1) is 0 Å². The van der Waals surface area contributed by atoms with E-state index in [2.05, 4.69) is 35.7 Å². The Bertz CT molecular complexity index is 1150. The number of aliphatic hydroxyl groups is 1. The molecule has 0 unspecified atom stereocenters. The molecule has 0 aromatic carbocycles. The van der Waals surface area contributed by atoms with E-state index in [-0.39, 0.29) is 23.2 Å². The molecule has 234 valence electrons. The van der Waals surface area contributed by atoms with Crippen LogP contribution in [0.4, 0.5) is 0 Å². The number of nitrogens with one attached hydrogen (secondary N) is 2. The van der Waals surface area contributed by atoms with Gasteiger partial charge in [0.05, 0.1) is 5.71 Å². The molecule has 0 aromatic rings. The molecular formula is C32H49N3O7. The van der Waals surface area contributed by atoms with Crippen LogP contribution >= 0.6 is 0 Å². The van der Waals surface area contributed by atoms with Gasteiger partial charge in [0.2, 0.25) is 5.91 Å². The van der Waals surface area contributed by atoms with Gasteiger partial charge in [-0.25, -0.2) is 4.79 Å². The fraction of sp³-hybridized carbons (Fsp3) is 0.781. The van der Waals surface area contributed by atoms with Crippen LogP contribution < -0.4 is 10.6 Å². The number of fused-ring (bicyclic) bond motifs is 5. The maximum atomic E-state index is 12.5. The van der Waals surface area contributed by atoms with Gasteiger partial charge < -0.3 is 25.7 Å². The molecule has 4 aliphatic rings. The van der Waals surface area contributed by atoms with E-state index >= 15 is 0 Å². The first-order chi connectivity index (χ1) is 19.8. The number of aliphatic carboxylic acids is 1. The summed E-state index contributed by atoms with van der Waals surface area (Å²) in [5, 5.41) is 29.9. The molecule has 4 rings (SSSR count). The van der Waals surface area contributed by atoms with E-state index in [4.69, 9.17) is 4.84 Å². The van der Waals surface area contributed by atoms with E-state index in [1.54, 1.807) is 6.92 Å². The molecule has 0 heterocycles. The Morgan fingerprint density at radius 2 is 1.79 bits per heavy atom. The highest BCUT2D eigenvalue weighted by molar-refractivity contribution is 5.96. The number of amides is 2. The van der Waals surface area contributed by atoms with Crippen LogP contribution in [0.3, 0.4) is 0 Å². The van der Waals surface area contributed by atoms with Crippen LogP contribution in [-0.2, 0) is 24.0 Å². The summed E-state index contributed by atoms with van der Waals surface area (Å²) in [4.78, 5) is 54.0. The van der Waals surface area contributed by atoms with Crippen molar-refractivity contribution in [3.8, 4) is 0 Å². The molecule has 3 fully saturated rings. The molecular weight excluding hydrogens is 538 g/mol. The minimum Gasteiger partial charge on any atom is -0.480 e. The fourth-order valence-electron chi connectivity index (χ4n) is 8.72. The van der Waals surface area contributed by atoms with Crippen molar-refractivity contribution in [2.24, 2.45) is 33.7 Å². The van der Waals surface area contributed by atoms with E-state index < -0.39 is 35.5 Å². The van der Waals surface area contributed by atoms with Gasteiger partial charge in [0.1, 0.15) is 17.7 Å². The van der Waals surface area contributed by atoms with Crippen LogP contribution in [0.5, 0.6) is 0 Å². The molecule has 0 spiro atoms. The van der Waals surface area contributed by atoms with Crippen molar-refractivity contribution in [1.29, 1.82) is 0 Å². The summed E-state index contributed by atoms with van der Waals surface area (Å²) < 4.78 is 0. The van der Waals surface area contributed by atoms with Crippen molar-refractivity contribution in [3.05, 3.63) is 11.6 Å². The van der Waals surface area contributed by atoms with Crippen molar-refractivity contribution in [2.75, 3.05) is 6.61 Å². The number of carboxylic acids is 1. The zero-order chi connectivity index (χ0) is 30.9. The summed E-state index contributed by atoms with van der Waals surface area (Å²) in [6.07, 6.45) is 11.0. The van der Waals surface area contributed by atoms with Crippen LogP contribution in [0, 0.1) is 28.6 Å². The zero-order valence-electron chi connectivity index (χ0n) is 25.8. The summed E-state index contributed by atoms with van der Waals surface area (Å²) in [5.74, 6) is -0.895. The summed E-state index contributed by atoms with van der Waals surface area (Å²) >= 11 is 0. The predicted molar refractivity (Wildman–Crippen MR) is 157 cm³/mol. The van der Waals surface area contributed by atoms with Crippen molar-refractivity contribution < 1.29 is 34.2 Å².